The van der Waals surface area contributed by atoms with Crippen molar-refractivity contribution < 1.29 is 23.4 Å². The average molecular weight is 556 g/mol. The van der Waals surface area contributed by atoms with E-state index in [1.807, 2.05) is 12.1 Å². The van der Waals surface area contributed by atoms with Crippen molar-refractivity contribution >= 4 is 16.8 Å². The molecule has 3 heterocycles. The summed E-state index contributed by atoms with van der Waals surface area (Å²) in [5.74, 6) is 0.206. The molecule has 3 aromatic carbocycles. The highest BCUT2D eigenvalue weighted by Gasteiger charge is 2.33. The van der Waals surface area contributed by atoms with Crippen LogP contribution in [0.2, 0.25) is 0 Å². The van der Waals surface area contributed by atoms with Crippen LogP contribution < -0.4 is 25.5 Å². The van der Waals surface area contributed by atoms with Gasteiger partial charge in [-0.05, 0) is 48.7 Å². The van der Waals surface area contributed by atoms with Gasteiger partial charge in [-0.2, -0.15) is 0 Å². The van der Waals surface area contributed by atoms with Crippen LogP contribution in [0, 0.1) is 5.82 Å². The lowest BCUT2D eigenvalue weighted by Crippen LogP contribution is -2.26. The van der Waals surface area contributed by atoms with E-state index in [1.54, 1.807) is 55.3 Å². The van der Waals surface area contributed by atoms with Gasteiger partial charge in [0, 0.05) is 18.5 Å². The van der Waals surface area contributed by atoms with E-state index in [0.29, 0.717) is 52.7 Å². The number of nitrogens with zero attached hydrogens (tertiary/aromatic N) is 4. The van der Waals surface area contributed by atoms with E-state index in [4.69, 9.17) is 19.9 Å². The fourth-order valence-electron chi connectivity index (χ4n) is 5.46. The highest BCUT2D eigenvalue weighted by molar-refractivity contribution is 5.94. The third-order valence-electron chi connectivity index (χ3n) is 7.30. The molecule has 2 N–H and O–H groups in total. The third kappa shape index (κ3) is 4.45. The Morgan fingerprint density at radius 2 is 1.76 bits per heavy atom. The second kappa shape index (κ2) is 10.4. The minimum Gasteiger partial charge on any atom is -0.493 e. The maximum absolute atomic E-state index is 14.7. The number of carbonyl (C=O) groups is 1. The Balaban J connectivity index is 1.37. The fraction of sp³-hybridized carbons (Fsp3) is 0.200. The van der Waals surface area contributed by atoms with Crippen molar-refractivity contribution in [1.82, 2.24) is 19.3 Å². The second-order valence-electron chi connectivity index (χ2n) is 9.59. The smallest absolute Gasteiger partial charge is 0.284 e. The molecular weight excluding hydrogens is 529 g/mol. The molecule has 11 heteroatoms. The number of para-hydroxylation sites is 1. The number of rotatable bonds is 7. The molecule has 1 atom stereocenters. The second-order valence-corrected chi connectivity index (χ2v) is 9.59. The Labute approximate surface area is 233 Å². The van der Waals surface area contributed by atoms with Crippen LogP contribution in [0.3, 0.4) is 0 Å². The van der Waals surface area contributed by atoms with Gasteiger partial charge in [0.05, 0.1) is 30.8 Å². The Kier molecular flexibility index (Phi) is 6.62. The normalized spacial score (nSPS) is 14.5. The molecule has 2 aromatic heterocycles. The zero-order chi connectivity index (χ0) is 28.7. The van der Waals surface area contributed by atoms with Crippen LogP contribution in [0.25, 0.3) is 16.6 Å². The number of halogens is 1. The number of hydrogen-bond donors (Lipinski definition) is 1. The molecule has 0 radical (unpaired) electrons. The summed E-state index contributed by atoms with van der Waals surface area (Å²) in [6.07, 6.45) is 2.80. The Hall–Kier alpha value is -5.19. The number of primary amides is 1. The van der Waals surface area contributed by atoms with Crippen LogP contribution in [0.5, 0.6) is 23.1 Å². The molecule has 0 spiro atoms. The van der Waals surface area contributed by atoms with Crippen LogP contribution in [-0.2, 0) is 6.54 Å². The van der Waals surface area contributed by atoms with Crippen molar-refractivity contribution in [2.45, 2.75) is 25.3 Å². The standard InChI is InChI=1S/C30H26FN5O5/c1-39-24-14-20-22(15-25(24)40-2)33-16-34-29(20)41-18-11-9-17(10-12-18)19-6-5-13-35-27(19)26(28(32)37)30(38)36(35)23-8-4-3-7-21(23)31/h3-4,7-12,14-16,19H,5-6,13H2,1-2H3,(H2,32,37). The maximum atomic E-state index is 14.7. The van der Waals surface area contributed by atoms with Gasteiger partial charge in [0.2, 0.25) is 5.88 Å². The Bertz CT molecular complexity index is 1850. The van der Waals surface area contributed by atoms with Crippen LogP contribution >= 0.6 is 0 Å². The Morgan fingerprint density at radius 1 is 1.02 bits per heavy atom. The van der Waals surface area contributed by atoms with Crippen molar-refractivity contribution in [2.75, 3.05) is 14.2 Å². The van der Waals surface area contributed by atoms with Crippen molar-refractivity contribution in [1.29, 1.82) is 0 Å². The summed E-state index contributed by atoms with van der Waals surface area (Å²) in [4.78, 5) is 34.5. The Morgan fingerprint density at radius 3 is 2.46 bits per heavy atom. The molecule has 0 aliphatic carbocycles. The van der Waals surface area contributed by atoms with Crippen molar-refractivity contribution in [3.8, 4) is 28.8 Å². The molecule has 6 rings (SSSR count). The van der Waals surface area contributed by atoms with Crippen LogP contribution in [-0.4, -0.2) is 39.5 Å². The van der Waals surface area contributed by atoms with Gasteiger partial charge in [0.15, 0.2) is 11.5 Å². The van der Waals surface area contributed by atoms with Gasteiger partial charge in [-0.3, -0.25) is 14.3 Å². The molecular formula is C30H26FN5O5. The topological polar surface area (TPSA) is 123 Å². The highest BCUT2D eigenvalue weighted by atomic mass is 19.1. The first-order valence-electron chi connectivity index (χ1n) is 13.0. The van der Waals surface area contributed by atoms with Crippen LogP contribution in [0.1, 0.15) is 40.4 Å². The van der Waals surface area contributed by atoms with E-state index < -0.39 is 17.3 Å². The predicted octanol–water partition coefficient (Wildman–Crippen LogP) is 4.56. The lowest BCUT2D eigenvalue weighted by atomic mass is 9.87. The van der Waals surface area contributed by atoms with Crippen molar-refractivity contribution in [3.05, 3.63) is 100.0 Å². The van der Waals surface area contributed by atoms with E-state index in [2.05, 4.69) is 9.97 Å². The molecule has 208 valence electrons. The molecule has 41 heavy (non-hydrogen) atoms. The summed E-state index contributed by atoms with van der Waals surface area (Å²) in [5, 5.41) is 0.645. The van der Waals surface area contributed by atoms with Crippen molar-refractivity contribution in [3.63, 3.8) is 0 Å². The van der Waals surface area contributed by atoms with E-state index >= 15 is 0 Å². The number of benzene rings is 3. The maximum Gasteiger partial charge on any atom is 0.284 e. The van der Waals surface area contributed by atoms with Crippen LogP contribution in [0.15, 0.2) is 71.8 Å². The molecule has 1 amide bonds. The largest absolute Gasteiger partial charge is 0.493 e. The van der Waals surface area contributed by atoms with E-state index in [1.165, 1.54) is 23.1 Å². The molecule has 0 bridgehead atoms. The van der Waals surface area contributed by atoms with Crippen molar-refractivity contribution in [2.24, 2.45) is 5.73 Å². The molecule has 1 aliphatic rings. The first kappa shape index (κ1) is 26.1. The summed E-state index contributed by atoms with van der Waals surface area (Å²) in [7, 11) is 3.10. The number of amides is 1. The van der Waals surface area contributed by atoms with E-state index in [0.717, 1.165) is 12.0 Å². The van der Waals surface area contributed by atoms with Gasteiger partial charge in [-0.1, -0.05) is 24.3 Å². The lowest BCUT2D eigenvalue weighted by molar-refractivity contribution is 0.0997. The zero-order valence-corrected chi connectivity index (χ0v) is 22.3. The number of nitrogens with two attached hydrogens (primary N) is 1. The molecule has 0 saturated carbocycles. The predicted molar refractivity (Wildman–Crippen MR) is 149 cm³/mol. The number of methoxy groups -OCH3 is 2. The third-order valence-corrected chi connectivity index (χ3v) is 7.30. The van der Waals surface area contributed by atoms with E-state index in [-0.39, 0.29) is 17.2 Å². The van der Waals surface area contributed by atoms with E-state index in [9.17, 15) is 14.0 Å². The number of fused-ring (bicyclic) bond motifs is 2. The van der Waals surface area contributed by atoms with Gasteiger partial charge in [-0.15, -0.1) is 0 Å². The van der Waals surface area contributed by atoms with Gasteiger partial charge >= 0.3 is 0 Å². The quantitative estimate of drug-likeness (QED) is 0.312. The first-order chi connectivity index (χ1) is 19.9. The summed E-state index contributed by atoms with van der Waals surface area (Å²) in [5.41, 5.74) is 6.97. The van der Waals surface area contributed by atoms with Gasteiger partial charge in [-0.25, -0.2) is 19.0 Å². The zero-order valence-electron chi connectivity index (χ0n) is 22.3. The molecule has 10 nitrogen and oxygen atoms in total. The van der Waals surface area contributed by atoms with Gasteiger partial charge in [0.25, 0.3) is 11.5 Å². The molecule has 1 unspecified atom stereocenters. The van der Waals surface area contributed by atoms with Gasteiger partial charge in [0.1, 0.15) is 29.1 Å². The first-order valence-corrected chi connectivity index (χ1v) is 13.0. The summed E-state index contributed by atoms with van der Waals surface area (Å²) < 4.78 is 34.5. The average Bonchev–Trinajstić information content (AvgIpc) is 3.29. The minimum absolute atomic E-state index is 0.0713. The molecule has 0 saturated heterocycles. The summed E-state index contributed by atoms with van der Waals surface area (Å²) in [6, 6.07) is 16.8. The number of carbonyl (C=O) groups excluding carboxylic acids is 1. The molecule has 1 aliphatic heterocycles. The summed E-state index contributed by atoms with van der Waals surface area (Å²) in [6.45, 7) is 0.443. The molecule has 5 aromatic rings. The molecule has 0 fully saturated rings. The monoisotopic (exact) mass is 555 g/mol. The number of hydrogen-bond acceptors (Lipinski definition) is 7. The lowest BCUT2D eigenvalue weighted by Gasteiger charge is -2.27. The SMILES string of the molecule is COc1cc2ncnc(Oc3ccc(C4CCCn5c4c(C(N)=O)c(=O)n5-c4ccccc4F)cc3)c2cc1OC. The number of aromatic nitrogens is 4. The van der Waals surface area contributed by atoms with Crippen LogP contribution in [0.4, 0.5) is 4.39 Å². The highest BCUT2D eigenvalue weighted by Crippen LogP contribution is 2.38. The van der Waals surface area contributed by atoms with Gasteiger partial charge < -0.3 is 19.9 Å². The minimum atomic E-state index is -0.844. The number of ether oxygens (including phenoxy) is 3. The fourth-order valence-corrected chi connectivity index (χ4v) is 5.46. The summed E-state index contributed by atoms with van der Waals surface area (Å²) >= 11 is 0.